The van der Waals surface area contributed by atoms with Crippen LogP contribution < -0.4 is 20.1 Å². The van der Waals surface area contributed by atoms with Crippen molar-refractivity contribution in [2.24, 2.45) is 0 Å². The van der Waals surface area contributed by atoms with Crippen molar-refractivity contribution in [3.63, 3.8) is 0 Å². The average molecular weight is 468 g/mol. The Morgan fingerprint density at radius 3 is 2.21 bits per heavy atom. The van der Waals surface area contributed by atoms with Crippen molar-refractivity contribution in [3.8, 4) is 5.75 Å². The molecule has 8 nitrogen and oxygen atoms in total. The van der Waals surface area contributed by atoms with Crippen LogP contribution in [0.2, 0.25) is 0 Å². The van der Waals surface area contributed by atoms with Gasteiger partial charge in [0.2, 0.25) is 0 Å². The number of hydrogen-bond donors (Lipinski definition) is 3. The first-order valence-corrected chi connectivity index (χ1v) is 11.7. The Bertz CT molecular complexity index is 1270. The van der Waals surface area contributed by atoms with Gasteiger partial charge in [0, 0.05) is 23.5 Å². The smallest absolute Gasteiger partial charge is 0.339 e. The fraction of sp³-hybridized carbons (Fsp3) is 0.167. The molecule has 3 rings (SSSR count). The molecule has 33 heavy (non-hydrogen) atoms. The van der Waals surface area contributed by atoms with E-state index in [-0.39, 0.29) is 16.7 Å². The maximum Gasteiger partial charge on any atom is 0.339 e. The number of benzene rings is 3. The summed E-state index contributed by atoms with van der Waals surface area (Å²) in [5, 5.41) is 8.04. The molecule has 0 atom stereocenters. The summed E-state index contributed by atoms with van der Waals surface area (Å²) in [6.07, 6.45) is 0. The molecular formula is C24H25N3O5S. The first-order valence-electron chi connectivity index (χ1n) is 10.3. The number of nitrogens with one attached hydrogen (secondary N) is 3. The first kappa shape index (κ1) is 23.8. The van der Waals surface area contributed by atoms with Crippen molar-refractivity contribution in [2.75, 3.05) is 17.2 Å². The van der Waals surface area contributed by atoms with Crippen LogP contribution in [0.3, 0.4) is 0 Å². The average Bonchev–Trinajstić information content (AvgIpc) is 2.76. The molecule has 0 aliphatic rings. The Labute approximate surface area is 193 Å². The Hall–Kier alpha value is -3.85. The molecule has 3 N–H and O–H groups in total. The van der Waals surface area contributed by atoms with Gasteiger partial charge in [-0.1, -0.05) is 18.2 Å². The van der Waals surface area contributed by atoms with Crippen molar-refractivity contribution >= 4 is 33.4 Å². The third kappa shape index (κ3) is 6.33. The number of amides is 3. The van der Waals surface area contributed by atoms with Gasteiger partial charge in [0.25, 0.3) is 5.91 Å². The lowest BCUT2D eigenvalue weighted by Crippen LogP contribution is -2.28. The Morgan fingerprint density at radius 2 is 1.55 bits per heavy atom. The molecule has 0 spiro atoms. The number of urea groups is 1. The number of carbonyl (C=O) groups is 2. The van der Waals surface area contributed by atoms with Crippen LogP contribution in [0.25, 0.3) is 0 Å². The van der Waals surface area contributed by atoms with E-state index in [0.717, 1.165) is 5.56 Å². The highest BCUT2D eigenvalue weighted by Crippen LogP contribution is 2.23. The van der Waals surface area contributed by atoms with E-state index in [1.54, 1.807) is 50.2 Å². The Morgan fingerprint density at radius 1 is 0.879 bits per heavy atom. The lowest BCUT2D eigenvalue weighted by molar-refractivity contribution is 0.102. The van der Waals surface area contributed by atoms with Gasteiger partial charge < -0.3 is 20.1 Å². The van der Waals surface area contributed by atoms with E-state index < -0.39 is 16.0 Å². The summed E-state index contributed by atoms with van der Waals surface area (Å²) in [4.78, 5) is 24.3. The number of rotatable bonds is 7. The van der Waals surface area contributed by atoms with Crippen molar-refractivity contribution in [1.82, 2.24) is 5.32 Å². The van der Waals surface area contributed by atoms with Gasteiger partial charge in [0.15, 0.2) is 0 Å². The van der Waals surface area contributed by atoms with Crippen LogP contribution in [0, 0.1) is 13.8 Å². The van der Waals surface area contributed by atoms with Crippen molar-refractivity contribution < 1.29 is 22.2 Å². The van der Waals surface area contributed by atoms with Gasteiger partial charge in [0.05, 0.1) is 0 Å². The number of aryl methyl sites for hydroxylation is 2. The van der Waals surface area contributed by atoms with Crippen LogP contribution in [-0.4, -0.2) is 26.9 Å². The summed E-state index contributed by atoms with van der Waals surface area (Å²) in [7, 11) is -4.01. The molecule has 3 amide bonds. The summed E-state index contributed by atoms with van der Waals surface area (Å²) in [6.45, 7) is 5.81. The van der Waals surface area contributed by atoms with Crippen molar-refractivity contribution in [1.29, 1.82) is 0 Å². The van der Waals surface area contributed by atoms with Gasteiger partial charge in [-0.15, -0.1) is 0 Å². The van der Waals surface area contributed by atoms with E-state index in [2.05, 4.69) is 16.0 Å². The van der Waals surface area contributed by atoms with E-state index in [0.29, 0.717) is 29.0 Å². The molecule has 0 bridgehead atoms. The highest BCUT2D eigenvalue weighted by atomic mass is 32.2. The van der Waals surface area contributed by atoms with E-state index >= 15 is 0 Å². The van der Waals surface area contributed by atoms with Gasteiger partial charge in [-0.3, -0.25) is 4.79 Å². The molecule has 3 aromatic carbocycles. The highest BCUT2D eigenvalue weighted by molar-refractivity contribution is 7.87. The topological polar surface area (TPSA) is 114 Å². The minimum absolute atomic E-state index is 0.0978. The van der Waals surface area contributed by atoms with Gasteiger partial charge in [-0.05, 0) is 80.4 Å². The molecule has 3 aromatic rings. The molecule has 0 aromatic heterocycles. The second kappa shape index (κ2) is 10.2. The molecule has 0 saturated heterocycles. The van der Waals surface area contributed by atoms with Gasteiger partial charge in [-0.25, -0.2) is 4.79 Å². The normalized spacial score (nSPS) is 10.9. The zero-order valence-corrected chi connectivity index (χ0v) is 19.3. The number of hydrogen-bond acceptors (Lipinski definition) is 5. The van der Waals surface area contributed by atoms with Gasteiger partial charge in [-0.2, -0.15) is 8.42 Å². The molecule has 0 unspecified atom stereocenters. The molecule has 9 heteroatoms. The monoisotopic (exact) mass is 467 g/mol. The SMILES string of the molecule is CCNC(=O)Nc1cccc(NC(=O)c2ccc(OS(=O)(=O)c3cc(C)ccc3C)cc2)c1. The van der Waals surface area contributed by atoms with Crippen molar-refractivity contribution in [3.05, 3.63) is 83.4 Å². The van der Waals surface area contributed by atoms with Crippen LogP contribution in [-0.2, 0) is 10.1 Å². The Balaban J connectivity index is 1.68. The molecule has 0 aliphatic carbocycles. The van der Waals surface area contributed by atoms with Gasteiger partial charge >= 0.3 is 16.1 Å². The quantitative estimate of drug-likeness (QED) is 0.444. The minimum Gasteiger partial charge on any atom is -0.379 e. The third-order valence-corrected chi connectivity index (χ3v) is 6.04. The summed E-state index contributed by atoms with van der Waals surface area (Å²) in [6, 6.07) is 17.3. The number of anilines is 2. The maximum absolute atomic E-state index is 12.6. The van der Waals surface area contributed by atoms with Crippen LogP contribution in [0.1, 0.15) is 28.4 Å². The second-order valence-electron chi connectivity index (χ2n) is 7.35. The van der Waals surface area contributed by atoms with Crippen molar-refractivity contribution in [2.45, 2.75) is 25.7 Å². The fourth-order valence-electron chi connectivity index (χ4n) is 3.02. The summed E-state index contributed by atoms with van der Waals surface area (Å²) < 4.78 is 30.5. The predicted octanol–water partition coefficient (Wildman–Crippen LogP) is 4.46. The van der Waals surface area contributed by atoms with E-state index in [9.17, 15) is 18.0 Å². The molecule has 0 radical (unpaired) electrons. The van der Waals surface area contributed by atoms with Crippen LogP contribution in [0.5, 0.6) is 5.75 Å². The Kier molecular flexibility index (Phi) is 7.34. The number of carbonyl (C=O) groups excluding carboxylic acids is 2. The largest absolute Gasteiger partial charge is 0.379 e. The van der Waals surface area contributed by atoms with Crippen LogP contribution in [0.15, 0.2) is 71.6 Å². The molecule has 0 saturated carbocycles. The molecule has 0 heterocycles. The third-order valence-electron chi connectivity index (χ3n) is 4.65. The maximum atomic E-state index is 12.6. The summed E-state index contributed by atoms with van der Waals surface area (Å²) in [5.74, 6) is -0.297. The zero-order chi connectivity index (χ0) is 24.0. The molecule has 172 valence electrons. The fourth-order valence-corrected chi connectivity index (χ4v) is 4.27. The van der Waals surface area contributed by atoms with Crippen LogP contribution >= 0.6 is 0 Å². The minimum atomic E-state index is -4.01. The molecule has 0 fully saturated rings. The summed E-state index contributed by atoms with van der Waals surface area (Å²) >= 11 is 0. The van der Waals surface area contributed by atoms with E-state index in [1.165, 1.54) is 24.3 Å². The van der Waals surface area contributed by atoms with Crippen LogP contribution in [0.4, 0.5) is 16.2 Å². The van der Waals surface area contributed by atoms with E-state index in [1.807, 2.05) is 13.0 Å². The first-order chi connectivity index (χ1) is 15.7. The second-order valence-corrected chi connectivity index (χ2v) is 8.86. The predicted molar refractivity (Wildman–Crippen MR) is 127 cm³/mol. The lowest BCUT2D eigenvalue weighted by atomic mass is 10.2. The zero-order valence-electron chi connectivity index (χ0n) is 18.5. The summed E-state index contributed by atoms with van der Waals surface area (Å²) in [5.41, 5.74) is 2.72. The van der Waals surface area contributed by atoms with Gasteiger partial charge in [0.1, 0.15) is 10.6 Å². The highest BCUT2D eigenvalue weighted by Gasteiger charge is 2.20. The molecular weight excluding hydrogens is 442 g/mol. The molecule has 0 aliphatic heterocycles. The standard InChI is InChI=1S/C24H25N3O5S/c1-4-25-24(29)27-20-7-5-6-19(15-20)26-23(28)18-10-12-21(13-11-18)32-33(30,31)22-14-16(2)8-9-17(22)3/h5-15H,4H2,1-3H3,(H,26,28)(H2,25,27,29). The lowest BCUT2D eigenvalue weighted by Gasteiger charge is -2.11. The van der Waals surface area contributed by atoms with E-state index in [4.69, 9.17) is 4.18 Å².